The number of carbonyl (C=O) groups excluding carboxylic acids is 1. The summed E-state index contributed by atoms with van der Waals surface area (Å²) >= 11 is 0. The summed E-state index contributed by atoms with van der Waals surface area (Å²) in [4.78, 5) is 22.7. The van der Waals surface area contributed by atoms with Crippen LogP contribution in [-0.2, 0) is 9.59 Å². The number of carbonyl (C=O) groups is 2. The SMILES string of the molecule is CC(CCC(=O)O)NC(=O)C1(CN)CCCCC1. The number of amides is 1. The van der Waals surface area contributed by atoms with Gasteiger partial charge in [0.25, 0.3) is 0 Å². The maximum Gasteiger partial charge on any atom is 0.303 e. The Balaban J connectivity index is 2.48. The van der Waals surface area contributed by atoms with Gasteiger partial charge in [0, 0.05) is 19.0 Å². The van der Waals surface area contributed by atoms with E-state index in [1.54, 1.807) is 0 Å². The Kier molecular flexibility index (Phi) is 5.59. The van der Waals surface area contributed by atoms with E-state index in [2.05, 4.69) is 5.32 Å². The van der Waals surface area contributed by atoms with Gasteiger partial charge in [0.1, 0.15) is 0 Å². The van der Waals surface area contributed by atoms with Crippen LogP contribution in [0.2, 0.25) is 0 Å². The molecule has 0 saturated heterocycles. The number of rotatable bonds is 6. The van der Waals surface area contributed by atoms with E-state index in [0.717, 1.165) is 25.7 Å². The van der Waals surface area contributed by atoms with E-state index in [-0.39, 0.29) is 18.4 Å². The second kappa shape index (κ2) is 6.73. The minimum absolute atomic E-state index is 0.00240. The summed E-state index contributed by atoms with van der Waals surface area (Å²) in [6, 6.07) is -0.112. The van der Waals surface area contributed by atoms with Crippen LogP contribution in [0.5, 0.6) is 0 Å². The zero-order valence-electron chi connectivity index (χ0n) is 11.1. The first-order valence-electron chi connectivity index (χ1n) is 6.73. The molecule has 1 aliphatic rings. The van der Waals surface area contributed by atoms with Crippen LogP contribution in [0.3, 0.4) is 0 Å². The summed E-state index contributed by atoms with van der Waals surface area (Å²) in [5.41, 5.74) is 5.36. The second-order valence-electron chi connectivity index (χ2n) is 5.35. The summed E-state index contributed by atoms with van der Waals surface area (Å²) in [6.07, 6.45) is 5.51. The molecule has 1 amide bonds. The van der Waals surface area contributed by atoms with E-state index in [4.69, 9.17) is 10.8 Å². The zero-order chi connectivity index (χ0) is 13.6. The summed E-state index contributed by atoms with van der Waals surface area (Å²) in [5, 5.41) is 11.5. The Hall–Kier alpha value is -1.10. The number of nitrogens with one attached hydrogen (secondary N) is 1. The van der Waals surface area contributed by atoms with Crippen LogP contribution in [0.25, 0.3) is 0 Å². The molecule has 4 N–H and O–H groups in total. The maximum atomic E-state index is 12.3. The van der Waals surface area contributed by atoms with E-state index >= 15 is 0 Å². The third kappa shape index (κ3) is 3.98. The molecule has 0 aromatic carbocycles. The zero-order valence-corrected chi connectivity index (χ0v) is 11.1. The van der Waals surface area contributed by atoms with Gasteiger partial charge in [-0.3, -0.25) is 9.59 Å². The number of nitrogens with two attached hydrogens (primary N) is 1. The number of hydrogen-bond acceptors (Lipinski definition) is 3. The van der Waals surface area contributed by atoms with Crippen molar-refractivity contribution in [3.05, 3.63) is 0 Å². The molecule has 0 radical (unpaired) electrons. The van der Waals surface area contributed by atoms with Crippen molar-refractivity contribution < 1.29 is 14.7 Å². The van der Waals surface area contributed by atoms with Gasteiger partial charge in [-0.1, -0.05) is 19.3 Å². The molecule has 1 atom stereocenters. The van der Waals surface area contributed by atoms with Crippen LogP contribution in [0.15, 0.2) is 0 Å². The van der Waals surface area contributed by atoms with Crippen molar-refractivity contribution in [3.63, 3.8) is 0 Å². The van der Waals surface area contributed by atoms with Gasteiger partial charge in [-0.05, 0) is 26.2 Å². The van der Waals surface area contributed by atoms with E-state index < -0.39 is 11.4 Å². The summed E-state index contributed by atoms with van der Waals surface area (Å²) < 4.78 is 0. The van der Waals surface area contributed by atoms with Gasteiger partial charge < -0.3 is 16.2 Å². The highest BCUT2D eigenvalue weighted by Crippen LogP contribution is 2.35. The molecule has 0 bridgehead atoms. The largest absolute Gasteiger partial charge is 0.481 e. The minimum atomic E-state index is -0.831. The monoisotopic (exact) mass is 256 g/mol. The molecular weight excluding hydrogens is 232 g/mol. The quantitative estimate of drug-likeness (QED) is 0.667. The van der Waals surface area contributed by atoms with Gasteiger partial charge >= 0.3 is 5.97 Å². The highest BCUT2D eigenvalue weighted by molar-refractivity contribution is 5.83. The van der Waals surface area contributed by atoms with Crippen molar-refractivity contribution in [1.29, 1.82) is 0 Å². The topological polar surface area (TPSA) is 92.4 Å². The molecule has 18 heavy (non-hydrogen) atoms. The van der Waals surface area contributed by atoms with Crippen LogP contribution in [0, 0.1) is 5.41 Å². The molecule has 0 aliphatic heterocycles. The van der Waals surface area contributed by atoms with Crippen LogP contribution in [0.1, 0.15) is 51.9 Å². The molecule has 1 rings (SSSR count). The summed E-state index contributed by atoms with van der Waals surface area (Å²) in [5.74, 6) is -0.829. The first-order chi connectivity index (χ1) is 8.50. The molecule has 5 heteroatoms. The lowest BCUT2D eigenvalue weighted by Gasteiger charge is -2.35. The van der Waals surface area contributed by atoms with Crippen molar-refractivity contribution in [2.45, 2.75) is 57.9 Å². The van der Waals surface area contributed by atoms with E-state index in [1.807, 2.05) is 6.92 Å². The Morgan fingerprint density at radius 3 is 2.44 bits per heavy atom. The molecule has 1 fully saturated rings. The maximum absolute atomic E-state index is 12.3. The van der Waals surface area contributed by atoms with Gasteiger partial charge in [0.2, 0.25) is 5.91 Å². The van der Waals surface area contributed by atoms with Gasteiger partial charge in [-0.15, -0.1) is 0 Å². The lowest BCUT2D eigenvalue weighted by molar-refractivity contribution is -0.138. The smallest absolute Gasteiger partial charge is 0.303 e. The average molecular weight is 256 g/mol. The van der Waals surface area contributed by atoms with E-state index in [9.17, 15) is 9.59 Å². The molecule has 1 saturated carbocycles. The van der Waals surface area contributed by atoms with Crippen LogP contribution < -0.4 is 11.1 Å². The number of aliphatic carboxylic acids is 1. The lowest BCUT2D eigenvalue weighted by Crippen LogP contribution is -2.49. The normalized spacial score (nSPS) is 20.1. The standard InChI is InChI=1S/C13H24N2O3/c1-10(5-6-11(16)17)15-12(18)13(9-14)7-3-2-4-8-13/h10H,2-9,14H2,1H3,(H,15,18)(H,16,17). The third-order valence-corrected chi connectivity index (χ3v) is 3.85. The van der Waals surface area contributed by atoms with E-state index in [0.29, 0.717) is 13.0 Å². The highest BCUT2D eigenvalue weighted by atomic mass is 16.4. The van der Waals surface area contributed by atoms with Gasteiger partial charge in [0.15, 0.2) is 0 Å². The average Bonchev–Trinajstić information content (AvgIpc) is 2.37. The Morgan fingerprint density at radius 1 is 1.33 bits per heavy atom. The van der Waals surface area contributed by atoms with Crippen LogP contribution in [-0.4, -0.2) is 29.6 Å². The second-order valence-corrected chi connectivity index (χ2v) is 5.35. The molecule has 0 spiro atoms. The molecule has 1 aliphatic carbocycles. The van der Waals surface area contributed by atoms with Crippen LogP contribution in [0.4, 0.5) is 0 Å². The first kappa shape index (κ1) is 15.0. The highest BCUT2D eigenvalue weighted by Gasteiger charge is 2.38. The predicted molar refractivity (Wildman–Crippen MR) is 69.0 cm³/mol. The van der Waals surface area contributed by atoms with Crippen molar-refractivity contribution in [1.82, 2.24) is 5.32 Å². The predicted octanol–water partition coefficient (Wildman–Crippen LogP) is 1.27. The first-order valence-corrected chi connectivity index (χ1v) is 6.73. The molecule has 1 unspecified atom stereocenters. The molecule has 0 aromatic heterocycles. The van der Waals surface area contributed by atoms with Crippen molar-refractivity contribution in [2.75, 3.05) is 6.54 Å². The molecule has 5 nitrogen and oxygen atoms in total. The van der Waals surface area contributed by atoms with Gasteiger partial charge in [0.05, 0.1) is 5.41 Å². The summed E-state index contributed by atoms with van der Waals surface area (Å²) in [7, 11) is 0. The molecule has 0 heterocycles. The fraction of sp³-hybridized carbons (Fsp3) is 0.846. The Bertz CT molecular complexity index is 299. The fourth-order valence-corrected chi connectivity index (χ4v) is 2.54. The number of carboxylic acid groups (broad SMARTS) is 1. The lowest BCUT2D eigenvalue weighted by atomic mass is 9.73. The Labute approximate surface area is 108 Å². The summed E-state index contributed by atoms with van der Waals surface area (Å²) in [6.45, 7) is 2.22. The van der Waals surface area contributed by atoms with Crippen molar-refractivity contribution in [2.24, 2.45) is 11.1 Å². The number of hydrogen-bond donors (Lipinski definition) is 3. The Morgan fingerprint density at radius 2 is 1.94 bits per heavy atom. The van der Waals surface area contributed by atoms with Gasteiger partial charge in [-0.25, -0.2) is 0 Å². The molecular formula is C13H24N2O3. The van der Waals surface area contributed by atoms with E-state index in [1.165, 1.54) is 6.42 Å². The molecule has 104 valence electrons. The third-order valence-electron chi connectivity index (χ3n) is 3.85. The van der Waals surface area contributed by atoms with Crippen molar-refractivity contribution >= 4 is 11.9 Å². The van der Waals surface area contributed by atoms with Gasteiger partial charge in [-0.2, -0.15) is 0 Å². The van der Waals surface area contributed by atoms with Crippen molar-refractivity contribution in [3.8, 4) is 0 Å². The minimum Gasteiger partial charge on any atom is -0.481 e. The number of carboxylic acids is 1. The molecule has 0 aromatic rings. The van der Waals surface area contributed by atoms with Crippen LogP contribution >= 0.6 is 0 Å². The fourth-order valence-electron chi connectivity index (χ4n) is 2.54.